The molecule has 0 bridgehead atoms. The quantitative estimate of drug-likeness (QED) is 0.372. The molecule has 1 N–H and O–H groups in total. The van der Waals surface area contributed by atoms with E-state index in [2.05, 4.69) is 4.98 Å². The van der Waals surface area contributed by atoms with Crippen LogP contribution in [0.15, 0.2) is 72.4 Å². The SMILES string of the molecule is COc1ccc(/C(O)=C2/C(=O)C(=O)N(Cc3ccccn3)C2c2cccc(C)c2)c(C)c1. The van der Waals surface area contributed by atoms with E-state index in [9.17, 15) is 14.7 Å². The molecule has 32 heavy (non-hydrogen) atoms. The molecule has 1 saturated heterocycles. The third kappa shape index (κ3) is 3.87. The molecular formula is C26H24N2O4. The molecule has 2 aromatic carbocycles. The van der Waals surface area contributed by atoms with Gasteiger partial charge in [-0.15, -0.1) is 0 Å². The number of hydrogen-bond acceptors (Lipinski definition) is 5. The van der Waals surface area contributed by atoms with E-state index in [-0.39, 0.29) is 17.9 Å². The molecule has 1 aromatic heterocycles. The fourth-order valence-corrected chi connectivity index (χ4v) is 4.07. The first-order chi connectivity index (χ1) is 15.4. The maximum Gasteiger partial charge on any atom is 0.296 e. The molecule has 6 heteroatoms. The zero-order valence-corrected chi connectivity index (χ0v) is 18.2. The molecule has 4 rings (SSSR count). The molecule has 3 aromatic rings. The number of rotatable bonds is 5. The van der Waals surface area contributed by atoms with Crippen LogP contribution in [0.25, 0.3) is 5.76 Å². The molecule has 0 radical (unpaired) electrons. The third-order valence-electron chi connectivity index (χ3n) is 5.65. The Hall–Kier alpha value is -3.93. The first-order valence-corrected chi connectivity index (χ1v) is 10.3. The molecule has 6 nitrogen and oxygen atoms in total. The second kappa shape index (κ2) is 8.67. The summed E-state index contributed by atoms with van der Waals surface area (Å²) >= 11 is 0. The first kappa shape index (κ1) is 21.3. The van der Waals surface area contributed by atoms with Gasteiger partial charge in [0.2, 0.25) is 0 Å². The fourth-order valence-electron chi connectivity index (χ4n) is 4.07. The minimum absolute atomic E-state index is 0.0739. The van der Waals surface area contributed by atoms with Gasteiger partial charge < -0.3 is 14.7 Å². The van der Waals surface area contributed by atoms with Crippen LogP contribution in [0.2, 0.25) is 0 Å². The Bertz CT molecular complexity index is 1220. The zero-order valence-electron chi connectivity index (χ0n) is 18.2. The first-order valence-electron chi connectivity index (χ1n) is 10.3. The fraction of sp³-hybridized carbons (Fsp3) is 0.192. The number of amides is 1. The van der Waals surface area contributed by atoms with Crippen LogP contribution in [-0.4, -0.2) is 33.8 Å². The van der Waals surface area contributed by atoms with Crippen molar-refractivity contribution in [1.29, 1.82) is 0 Å². The summed E-state index contributed by atoms with van der Waals surface area (Å²) in [6.45, 7) is 3.92. The molecular weight excluding hydrogens is 404 g/mol. The molecule has 1 unspecified atom stereocenters. The predicted molar refractivity (Wildman–Crippen MR) is 121 cm³/mol. The molecule has 0 spiro atoms. The van der Waals surface area contributed by atoms with Gasteiger partial charge in [0.15, 0.2) is 0 Å². The van der Waals surface area contributed by atoms with Crippen molar-refractivity contribution in [2.45, 2.75) is 26.4 Å². The Morgan fingerprint density at radius 1 is 1.06 bits per heavy atom. The van der Waals surface area contributed by atoms with Crippen LogP contribution in [0.4, 0.5) is 0 Å². The number of likely N-dealkylation sites (tertiary alicyclic amines) is 1. The van der Waals surface area contributed by atoms with Crippen molar-refractivity contribution in [2.75, 3.05) is 7.11 Å². The van der Waals surface area contributed by atoms with E-state index in [4.69, 9.17) is 4.74 Å². The normalized spacial score (nSPS) is 17.6. The van der Waals surface area contributed by atoms with Gasteiger partial charge in [-0.1, -0.05) is 35.9 Å². The number of ether oxygens (including phenoxy) is 1. The number of hydrogen-bond donors (Lipinski definition) is 1. The van der Waals surface area contributed by atoms with E-state index in [0.717, 1.165) is 16.7 Å². The molecule has 1 aliphatic heterocycles. The maximum atomic E-state index is 13.2. The predicted octanol–water partition coefficient (Wildman–Crippen LogP) is 4.33. The monoisotopic (exact) mass is 428 g/mol. The minimum Gasteiger partial charge on any atom is -0.507 e. The average Bonchev–Trinajstić information content (AvgIpc) is 3.04. The smallest absolute Gasteiger partial charge is 0.296 e. The minimum atomic E-state index is -0.724. The maximum absolute atomic E-state index is 13.2. The second-order valence-corrected chi connectivity index (χ2v) is 7.84. The van der Waals surface area contributed by atoms with Crippen molar-refractivity contribution < 1.29 is 19.4 Å². The number of ketones is 1. The highest BCUT2D eigenvalue weighted by molar-refractivity contribution is 6.46. The average molecular weight is 428 g/mol. The zero-order chi connectivity index (χ0) is 22.8. The number of carbonyl (C=O) groups excluding carboxylic acids is 2. The van der Waals surface area contributed by atoms with Crippen molar-refractivity contribution in [2.24, 2.45) is 0 Å². The standard InChI is InChI=1S/C26H24N2O4/c1-16-7-6-8-18(13-16)23-22(24(29)21-11-10-20(32-3)14-17(21)2)25(30)26(31)28(23)15-19-9-4-5-12-27-19/h4-14,23,29H,15H2,1-3H3/b24-22-. The summed E-state index contributed by atoms with van der Waals surface area (Å²) in [7, 11) is 1.56. The molecule has 0 saturated carbocycles. The lowest BCUT2D eigenvalue weighted by Crippen LogP contribution is -2.29. The van der Waals surface area contributed by atoms with Gasteiger partial charge in [-0.3, -0.25) is 14.6 Å². The highest BCUT2D eigenvalue weighted by Crippen LogP contribution is 2.41. The van der Waals surface area contributed by atoms with E-state index >= 15 is 0 Å². The molecule has 1 amide bonds. The number of pyridine rings is 1. The number of Topliss-reactive ketones (excluding diaryl/α,β-unsaturated/α-hetero) is 1. The van der Waals surface area contributed by atoms with Gasteiger partial charge >= 0.3 is 0 Å². The van der Waals surface area contributed by atoms with Crippen molar-refractivity contribution in [1.82, 2.24) is 9.88 Å². The summed E-state index contributed by atoms with van der Waals surface area (Å²) in [5.74, 6) is -0.918. The topological polar surface area (TPSA) is 79.7 Å². The molecule has 1 atom stereocenters. The largest absolute Gasteiger partial charge is 0.507 e. The molecule has 1 fully saturated rings. The van der Waals surface area contributed by atoms with Gasteiger partial charge in [0, 0.05) is 11.8 Å². The highest BCUT2D eigenvalue weighted by atomic mass is 16.5. The Morgan fingerprint density at radius 2 is 1.88 bits per heavy atom. The Kier molecular flexibility index (Phi) is 5.77. The van der Waals surface area contributed by atoms with Crippen LogP contribution in [0, 0.1) is 13.8 Å². The van der Waals surface area contributed by atoms with Crippen LogP contribution in [0.5, 0.6) is 5.75 Å². The van der Waals surface area contributed by atoms with Gasteiger partial charge in [0.1, 0.15) is 11.5 Å². The molecule has 162 valence electrons. The Labute approximate surface area is 186 Å². The van der Waals surface area contributed by atoms with Crippen LogP contribution in [0.3, 0.4) is 0 Å². The van der Waals surface area contributed by atoms with E-state index < -0.39 is 17.7 Å². The summed E-state index contributed by atoms with van der Waals surface area (Å²) in [6, 6.07) is 17.5. The number of nitrogens with zero attached hydrogens (tertiary/aromatic N) is 2. The third-order valence-corrected chi connectivity index (χ3v) is 5.65. The van der Waals surface area contributed by atoms with Crippen molar-refractivity contribution >= 4 is 17.4 Å². The van der Waals surface area contributed by atoms with Crippen LogP contribution >= 0.6 is 0 Å². The lowest BCUT2D eigenvalue weighted by molar-refractivity contribution is -0.140. The summed E-state index contributed by atoms with van der Waals surface area (Å²) < 4.78 is 5.25. The molecule has 2 heterocycles. The number of aliphatic hydroxyl groups is 1. The number of aliphatic hydroxyl groups excluding tert-OH is 1. The van der Waals surface area contributed by atoms with Crippen LogP contribution in [-0.2, 0) is 16.1 Å². The number of aromatic nitrogens is 1. The van der Waals surface area contributed by atoms with Gasteiger partial charge in [0.05, 0.1) is 31.0 Å². The number of benzene rings is 2. The van der Waals surface area contributed by atoms with E-state index in [0.29, 0.717) is 17.0 Å². The van der Waals surface area contributed by atoms with Crippen molar-refractivity contribution in [3.63, 3.8) is 0 Å². The Morgan fingerprint density at radius 3 is 2.53 bits per heavy atom. The molecule has 0 aliphatic carbocycles. The summed E-state index contributed by atoms with van der Waals surface area (Å²) in [5, 5.41) is 11.3. The lowest BCUT2D eigenvalue weighted by Gasteiger charge is -2.25. The highest BCUT2D eigenvalue weighted by Gasteiger charge is 2.46. The summed E-state index contributed by atoms with van der Waals surface area (Å²) in [5.41, 5.74) is 3.71. The number of carbonyl (C=O) groups is 2. The van der Waals surface area contributed by atoms with Crippen LogP contribution < -0.4 is 4.74 Å². The van der Waals surface area contributed by atoms with Gasteiger partial charge in [-0.05, 0) is 55.3 Å². The molecule has 1 aliphatic rings. The summed E-state index contributed by atoms with van der Waals surface area (Å²) in [6.07, 6.45) is 1.65. The van der Waals surface area contributed by atoms with Crippen LogP contribution in [0.1, 0.15) is 34.0 Å². The van der Waals surface area contributed by atoms with Gasteiger partial charge in [0.25, 0.3) is 11.7 Å². The number of methoxy groups -OCH3 is 1. The summed E-state index contributed by atoms with van der Waals surface area (Å²) in [4.78, 5) is 32.0. The second-order valence-electron chi connectivity index (χ2n) is 7.84. The van der Waals surface area contributed by atoms with E-state index in [1.807, 2.05) is 44.2 Å². The van der Waals surface area contributed by atoms with Crippen molar-refractivity contribution in [3.05, 3.63) is 100 Å². The van der Waals surface area contributed by atoms with Gasteiger partial charge in [-0.25, -0.2) is 0 Å². The van der Waals surface area contributed by atoms with E-state index in [1.54, 1.807) is 43.6 Å². The Balaban J connectivity index is 1.88. The van der Waals surface area contributed by atoms with Crippen molar-refractivity contribution in [3.8, 4) is 5.75 Å². The number of aryl methyl sites for hydroxylation is 2. The van der Waals surface area contributed by atoms with E-state index in [1.165, 1.54) is 4.90 Å². The van der Waals surface area contributed by atoms with Gasteiger partial charge in [-0.2, -0.15) is 0 Å². The lowest BCUT2D eigenvalue weighted by atomic mass is 9.93.